The second kappa shape index (κ2) is 9.09. The van der Waals surface area contributed by atoms with Gasteiger partial charge in [0.05, 0.1) is 28.8 Å². The molecule has 2 aromatic carbocycles. The average molecular weight is 484 g/mol. The maximum absolute atomic E-state index is 12.8. The number of aryl methyl sites for hydroxylation is 1. The van der Waals surface area contributed by atoms with Crippen molar-refractivity contribution in [3.63, 3.8) is 0 Å². The van der Waals surface area contributed by atoms with Gasteiger partial charge in [-0.1, -0.05) is 29.8 Å². The number of carbonyl (C=O) groups is 1. The summed E-state index contributed by atoms with van der Waals surface area (Å²) in [6, 6.07) is 13.0. The molecule has 2 N–H and O–H groups in total. The molecule has 1 aliphatic heterocycles. The first kappa shape index (κ1) is 23.7. The molecule has 34 heavy (non-hydrogen) atoms. The Labute approximate surface area is 199 Å². The maximum atomic E-state index is 12.8. The monoisotopic (exact) mass is 483 g/mol. The Morgan fingerprint density at radius 2 is 1.94 bits per heavy atom. The first-order valence-corrected chi connectivity index (χ1v) is 12.7. The number of hydrogen-bond donors (Lipinski definition) is 2. The van der Waals surface area contributed by atoms with Gasteiger partial charge in [0.25, 0.3) is 0 Å². The Morgan fingerprint density at radius 3 is 2.71 bits per heavy atom. The molecule has 0 unspecified atom stereocenters. The molecule has 9 nitrogen and oxygen atoms in total. The van der Waals surface area contributed by atoms with E-state index in [1.165, 1.54) is 7.11 Å². The smallest absolute Gasteiger partial charge is 0.407 e. The molecule has 0 saturated heterocycles. The highest BCUT2D eigenvalue weighted by Crippen LogP contribution is 2.29. The SMILES string of the molecule is COC(=O)NC(C)(C)CNc1nc(N2CCS(=O)(=O)c3ccccc3C2)nc2ccc(C)cc12. The van der Waals surface area contributed by atoms with Crippen molar-refractivity contribution < 1.29 is 17.9 Å². The van der Waals surface area contributed by atoms with E-state index in [2.05, 4.69) is 10.6 Å². The number of alkyl carbamates (subject to hydrolysis) is 1. The van der Waals surface area contributed by atoms with Crippen molar-refractivity contribution >= 4 is 38.6 Å². The van der Waals surface area contributed by atoms with E-state index in [4.69, 9.17) is 14.7 Å². The van der Waals surface area contributed by atoms with Gasteiger partial charge in [0, 0.05) is 25.0 Å². The zero-order valence-electron chi connectivity index (χ0n) is 19.8. The number of nitrogens with zero attached hydrogens (tertiary/aromatic N) is 3. The number of amides is 1. The van der Waals surface area contributed by atoms with Gasteiger partial charge < -0.3 is 20.3 Å². The van der Waals surface area contributed by atoms with Crippen LogP contribution in [0.2, 0.25) is 0 Å². The van der Waals surface area contributed by atoms with E-state index in [1.54, 1.807) is 12.1 Å². The topological polar surface area (TPSA) is 114 Å². The molecule has 4 rings (SSSR count). The van der Waals surface area contributed by atoms with Gasteiger partial charge in [0.15, 0.2) is 9.84 Å². The molecule has 10 heteroatoms. The number of rotatable bonds is 5. The van der Waals surface area contributed by atoms with Crippen LogP contribution in [0.3, 0.4) is 0 Å². The first-order chi connectivity index (χ1) is 16.1. The Hall–Kier alpha value is -3.40. The van der Waals surface area contributed by atoms with Crippen molar-refractivity contribution in [2.75, 3.05) is 36.2 Å². The van der Waals surface area contributed by atoms with Gasteiger partial charge in [-0.05, 0) is 44.5 Å². The number of methoxy groups -OCH3 is 1. The largest absolute Gasteiger partial charge is 0.453 e. The van der Waals surface area contributed by atoms with Crippen LogP contribution in [0.4, 0.5) is 16.6 Å². The summed E-state index contributed by atoms with van der Waals surface area (Å²) in [6.45, 7) is 6.81. The molecule has 0 bridgehead atoms. The van der Waals surface area contributed by atoms with Gasteiger partial charge in [0.2, 0.25) is 5.95 Å². The Bertz CT molecular complexity index is 1340. The quantitative estimate of drug-likeness (QED) is 0.568. The van der Waals surface area contributed by atoms with Crippen LogP contribution in [0.5, 0.6) is 0 Å². The lowest BCUT2D eigenvalue weighted by Crippen LogP contribution is -2.48. The van der Waals surface area contributed by atoms with E-state index >= 15 is 0 Å². The number of fused-ring (bicyclic) bond motifs is 2. The molecule has 3 aromatic rings. The zero-order valence-corrected chi connectivity index (χ0v) is 20.6. The first-order valence-electron chi connectivity index (χ1n) is 11.0. The molecule has 0 fully saturated rings. The maximum Gasteiger partial charge on any atom is 0.407 e. The van der Waals surface area contributed by atoms with E-state index < -0.39 is 21.5 Å². The van der Waals surface area contributed by atoms with Crippen LogP contribution in [0, 0.1) is 6.92 Å². The third kappa shape index (κ3) is 5.06. The van der Waals surface area contributed by atoms with E-state index in [0.717, 1.165) is 22.0 Å². The third-order valence-electron chi connectivity index (χ3n) is 5.74. The van der Waals surface area contributed by atoms with Gasteiger partial charge in [-0.25, -0.2) is 18.2 Å². The predicted molar refractivity (Wildman–Crippen MR) is 132 cm³/mol. The van der Waals surface area contributed by atoms with E-state index in [1.807, 2.05) is 56.0 Å². The summed E-state index contributed by atoms with van der Waals surface area (Å²) >= 11 is 0. The number of nitrogens with one attached hydrogen (secondary N) is 2. The van der Waals surface area contributed by atoms with Crippen LogP contribution in [-0.4, -0.2) is 56.0 Å². The molecule has 180 valence electrons. The van der Waals surface area contributed by atoms with Crippen LogP contribution in [0.1, 0.15) is 25.0 Å². The fourth-order valence-corrected chi connectivity index (χ4v) is 5.41. The van der Waals surface area contributed by atoms with Gasteiger partial charge in [-0.2, -0.15) is 4.98 Å². The van der Waals surface area contributed by atoms with Crippen molar-refractivity contribution in [2.24, 2.45) is 0 Å². The summed E-state index contributed by atoms with van der Waals surface area (Å²) in [7, 11) is -2.06. The number of hydrogen-bond acceptors (Lipinski definition) is 8. The zero-order chi connectivity index (χ0) is 24.5. The molecule has 1 amide bonds. The molecular weight excluding hydrogens is 454 g/mol. The predicted octanol–water partition coefficient (Wildman–Crippen LogP) is 3.28. The van der Waals surface area contributed by atoms with Crippen molar-refractivity contribution in [2.45, 2.75) is 37.8 Å². The Morgan fingerprint density at radius 1 is 1.18 bits per heavy atom. The normalized spacial score (nSPS) is 15.4. The fourth-order valence-electron chi connectivity index (χ4n) is 3.92. The molecule has 0 spiro atoms. The fraction of sp³-hybridized carbons (Fsp3) is 0.375. The lowest BCUT2D eigenvalue weighted by molar-refractivity contribution is 0.161. The number of aromatic nitrogens is 2. The molecule has 2 heterocycles. The highest BCUT2D eigenvalue weighted by atomic mass is 32.2. The standard InChI is InChI=1S/C24H29N5O4S/c1-16-9-10-19-18(13-16)21(25-15-24(2,3)28-23(30)33-4)27-22(26-19)29-11-12-34(31,32)20-8-6-5-7-17(20)14-29/h5-10,13H,11-12,14-15H2,1-4H3,(H,28,30)(H,25,26,27). The summed E-state index contributed by atoms with van der Waals surface area (Å²) in [5.74, 6) is 1.05. The summed E-state index contributed by atoms with van der Waals surface area (Å²) < 4.78 is 30.3. The summed E-state index contributed by atoms with van der Waals surface area (Å²) in [6.07, 6.45) is -0.514. The summed E-state index contributed by atoms with van der Waals surface area (Å²) in [5, 5.41) is 6.99. The Kier molecular flexibility index (Phi) is 6.35. The van der Waals surface area contributed by atoms with E-state index in [9.17, 15) is 13.2 Å². The van der Waals surface area contributed by atoms with Crippen molar-refractivity contribution in [1.29, 1.82) is 0 Å². The highest BCUT2D eigenvalue weighted by molar-refractivity contribution is 7.91. The molecule has 1 aliphatic rings. The molecular formula is C24H29N5O4S. The average Bonchev–Trinajstić information content (AvgIpc) is 2.93. The lowest BCUT2D eigenvalue weighted by atomic mass is 10.1. The second-order valence-electron chi connectivity index (χ2n) is 9.09. The minimum absolute atomic E-state index is 0.0157. The van der Waals surface area contributed by atoms with Gasteiger partial charge in [-0.3, -0.25) is 0 Å². The third-order valence-corrected chi connectivity index (χ3v) is 7.53. The van der Waals surface area contributed by atoms with Crippen LogP contribution in [0.15, 0.2) is 47.4 Å². The molecule has 0 saturated carbocycles. The minimum atomic E-state index is -3.39. The second-order valence-corrected chi connectivity index (χ2v) is 11.2. The molecule has 0 aliphatic carbocycles. The van der Waals surface area contributed by atoms with Crippen molar-refractivity contribution in [3.8, 4) is 0 Å². The van der Waals surface area contributed by atoms with Crippen LogP contribution < -0.4 is 15.5 Å². The van der Waals surface area contributed by atoms with Gasteiger partial charge in [0.1, 0.15) is 5.82 Å². The molecule has 0 radical (unpaired) electrons. The number of sulfone groups is 1. The van der Waals surface area contributed by atoms with Crippen molar-refractivity contribution in [3.05, 3.63) is 53.6 Å². The summed E-state index contributed by atoms with van der Waals surface area (Å²) in [4.78, 5) is 23.5. The van der Waals surface area contributed by atoms with Crippen LogP contribution >= 0.6 is 0 Å². The van der Waals surface area contributed by atoms with E-state index in [-0.39, 0.29) is 12.3 Å². The van der Waals surface area contributed by atoms with Crippen LogP contribution in [-0.2, 0) is 21.1 Å². The van der Waals surface area contributed by atoms with Crippen LogP contribution in [0.25, 0.3) is 10.9 Å². The summed E-state index contributed by atoms with van der Waals surface area (Å²) in [5.41, 5.74) is 1.93. The lowest BCUT2D eigenvalue weighted by Gasteiger charge is -2.27. The molecule has 1 aromatic heterocycles. The Balaban J connectivity index is 1.71. The molecule has 0 atom stereocenters. The number of benzene rings is 2. The highest BCUT2D eigenvalue weighted by Gasteiger charge is 2.27. The number of ether oxygens (including phenoxy) is 1. The van der Waals surface area contributed by atoms with Gasteiger partial charge >= 0.3 is 6.09 Å². The number of anilines is 2. The van der Waals surface area contributed by atoms with E-state index in [0.29, 0.717) is 29.8 Å². The minimum Gasteiger partial charge on any atom is -0.453 e. The van der Waals surface area contributed by atoms with Gasteiger partial charge in [-0.15, -0.1) is 0 Å². The van der Waals surface area contributed by atoms with Crippen molar-refractivity contribution in [1.82, 2.24) is 15.3 Å². The number of carbonyl (C=O) groups excluding carboxylic acids is 1.